The molecule has 1 aliphatic heterocycles. The molecule has 2 heterocycles. The van der Waals surface area contributed by atoms with E-state index < -0.39 is 0 Å². The van der Waals surface area contributed by atoms with Crippen molar-refractivity contribution in [3.05, 3.63) is 28.1 Å². The maximum Gasteiger partial charge on any atom is 0.294 e. The van der Waals surface area contributed by atoms with Crippen LogP contribution in [0.2, 0.25) is 0 Å². The lowest BCUT2D eigenvalue weighted by molar-refractivity contribution is -0.122. The maximum atomic E-state index is 11.9. The monoisotopic (exact) mass is 261 g/mol. The van der Waals surface area contributed by atoms with Gasteiger partial charge in [0.15, 0.2) is 0 Å². The van der Waals surface area contributed by atoms with Gasteiger partial charge in [-0.25, -0.2) is 0 Å². The third-order valence-corrected chi connectivity index (χ3v) is 3.40. The molecule has 1 aromatic rings. The second-order valence-corrected chi connectivity index (χ2v) is 4.83. The van der Waals surface area contributed by atoms with E-state index in [0.29, 0.717) is 4.91 Å². The molecule has 92 valence electrons. The summed E-state index contributed by atoms with van der Waals surface area (Å²) in [6.45, 7) is 3.64. The summed E-state index contributed by atoms with van der Waals surface area (Å²) in [5.74, 6) is 3.43. The third-order valence-electron chi connectivity index (χ3n) is 2.49. The highest BCUT2D eigenvalue weighted by Gasteiger charge is 2.34. The van der Waals surface area contributed by atoms with Crippen LogP contribution < -0.4 is 0 Å². The second kappa shape index (κ2) is 4.75. The van der Waals surface area contributed by atoms with Crippen molar-refractivity contribution in [2.45, 2.75) is 13.8 Å². The molecule has 0 radical (unpaired) electrons. The Balaban J connectivity index is 2.31. The number of carbonyl (C=O) groups is 2. The fourth-order valence-corrected chi connectivity index (χ4v) is 2.49. The van der Waals surface area contributed by atoms with Gasteiger partial charge in [-0.05, 0) is 37.8 Å². The highest BCUT2D eigenvalue weighted by molar-refractivity contribution is 8.18. The highest BCUT2D eigenvalue weighted by atomic mass is 32.2. The number of rotatable bonds is 2. The molecule has 0 saturated carbocycles. The molecule has 0 spiro atoms. The van der Waals surface area contributed by atoms with Crippen LogP contribution in [0.1, 0.15) is 17.1 Å². The lowest BCUT2D eigenvalue weighted by Crippen LogP contribution is -2.28. The van der Waals surface area contributed by atoms with Gasteiger partial charge in [-0.2, -0.15) is 0 Å². The van der Waals surface area contributed by atoms with Crippen LogP contribution in [-0.2, 0) is 4.79 Å². The molecule has 0 atom stereocenters. The molecule has 0 aromatic carbocycles. The first kappa shape index (κ1) is 12.5. The molecule has 4 nitrogen and oxygen atoms in total. The van der Waals surface area contributed by atoms with Crippen molar-refractivity contribution >= 4 is 29.0 Å². The normalized spacial score (nSPS) is 17.6. The van der Waals surface area contributed by atoms with E-state index in [2.05, 4.69) is 5.92 Å². The van der Waals surface area contributed by atoms with Gasteiger partial charge in [0.25, 0.3) is 11.1 Å². The van der Waals surface area contributed by atoms with E-state index >= 15 is 0 Å². The largest absolute Gasteiger partial charge is 0.466 e. The van der Waals surface area contributed by atoms with Gasteiger partial charge in [0.2, 0.25) is 0 Å². The summed E-state index contributed by atoms with van der Waals surface area (Å²) >= 11 is 0.896. The van der Waals surface area contributed by atoms with Gasteiger partial charge < -0.3 is 4.42 Å². The van der Waals surface area contributed by atoms with Crippen LogP contribution in [0.4, 0.5) is 4.79 Å². The zero-order chi connectivity index (χ0) is 13.3. The fraction of sp³-hybridized carbons (Fsp3) is 0.231. The van der Waals surface area contributed by atoms with Gasteiger partial charge in [-0.3, -0.25) is 14.5 Å². The number of hydrogen-bond acceptors (Lipinski definition) is 4. The van der Waals surface area contributed by atoms with Crippen molar-refractivity contribution in [3.63, 3.8) is 0 Å². The van der Waals surface area contributed by atoms with Crippen LogP contribution >= 0.6 is 11.8 Å². The quantitative estimate of drug-likeness (QED) is 0.606. The molecular formula is C13H11NO3S. The Morgan fingerprint density at radius 2 is 2.22 bits per heavy atom. The lowest BCUT2D eigenvalue weighted by Gasteiger charge is -2.06. The standard InChI is InChI=1S/C13H11NO3S/c1-4-5-14-12(15)11(18-13(14)16)7-10-6-8(2)17-9(10)3/h1,6-7H,5H2,2-3H3/b11-7-. The Hall–Kier alpha value is -1.93. The summed E-state index contributed by atoms with van der Waals surface area (Å²) in [5.41, 5.74) is 0.804. The summed E-state index contributed by atoms with van der Waals surface area (Å²) < 4.78 is 5.37. The molecule has 2 amide bonds. The Bertz CT molecular complexity index is 592. The lowest BCUT2D eigenvalue weighted by atomic mass is 10.2. The number of hydrogen-bond donors (Lipinski definition) is 0. The summed E-state index contributed by atoms with van der Waals surface area (Å²) in [7, 11) is 0. The zero-order valence-electron chi connectivity index (χ0n) is 10.0. The molecule has 1 aliphatic rings. The van der Waals surface area contributed by atoms with Crippen LogP contribution in [0.5, 0.6) is 0 Å². The SMILES string of the molecule is C#CCN1C(=O)S/C(=C\c2cc(C)oc2C)C1=O. The van der Waals surface area contributed by atoms with Crippen molar-refractivity contribution in [3.8, 4) is 12.3 Å². The molecule has 18 heavy (non-hydrogen) atoms. The molecular weight excluding hydrogens is 250 g/mol. The molecule has 0 unspecified atom stereocenters. The van der Waals surface area contributed by atoms with Crippen LogP contribution in [-0.4, -0.2) is 22.6 Å². The van der Waals surface area contributed by atoms with E-state index in [9.17, 15) is 9.59 Å². The van der Waals surface area contributed by atoms with Gasteiger partial charge in [0.1, 0.15) is 11.5 Å². The second-order valence-electron chi connectivity index (χ2n) is 3.84. The van der Waals surface area contributed by atoms with Crippen LogP contribution in [0.25, 0.3) is 6.08 Å². The predicted octanol–water partition coefficient (Wildman–Crippen LogP) is 2.57. The molecule has 0 aliphatic carbocycles. The number of carbonyl (C=O) groups excluding carboxylic acids is 2. The van der Waals surface area contributed by atoms with Crippen LogP contribution in [0.3, 0.4) is 0 Å². The first-order chi connectivity index (χ1) is 8.52. The first-order valence-corrected chi connectivity index (χ1v) is 6.10. The van der Waals surface area contributed by atoms with Gasteiger partial charge in [-0.1, -0.05) is 5.92 Å². The highest BCUT2D eigenvalue weighted by Crippen LogP contribution is 2.32. The molecule has 1 fully saturated rings. The molecule has 0 N–H and O–H groups in total. The number of aryl methyl sites for hydroxylation is 2. The molecule has 2 rings (SSSR count). The topological polar surface area (TPSA) is 50.5 Å². The van der Waals surface area contributed by atoms with Gasteiger partial charge >= 0.3 is 0 Å². The number of furan rings is 1. The van der Waals surface area contributed by atoms with Crippen molar-refractivity contribution in [1.29, 1.82) is 0 Å². The number of imide groups is 1. The number of thioether (sulfide) groups is 1. The van der Waals surface area contributed by atoms with E-state index in [1.165, 1.54) is 0 Å². The Kier molecular flexibility index (Phi) is 3.30. The van der Waals surface area contributed by atoms with Crippen molar-refractivity contribution in [2.24, 2.45) is 0 Å². The minimum atomic E-state index is -0.346. The van der Waals surface area contributed by atoms with E-state index in [-0.39, 0.29) is 17.7 Å². The maximum absolute atomic E-state index is 11.9. The van der Waals surface area contributed by atoms with Gasteiger partial charge in [-0.15, -0.1) is 6.42 Å². The third kappa shape index (κ3) is 2.20. The van der Waals surface area contributed by atoms with Crippen molar-refractivity contribution < 1.29 is 14.0 Å². The fourth-order valence-electron chi connectivity index (χ4n) is 1.66. The summed E-state index contributed by atoms with van der Waals surface area (Å²) in [4.78, 5) is 24.9. The predicted molar refractivity (Wildman–Crippen MR) is 69.7 cm³/mol. The Morgan fingerprint density at radius 1 is 1.50 bits per heavy atom. The van der Waals surface area contributed by atoms with Crippen LogP contribution in [0, 0.1) is 26.2 Å². The van der Waals surface area contributed by atoms with Gasteiger partial charge in [0.05, 0.1) is 11.4 Å². The van der Waals surface area contributed by atoms with Gasteiger partial charge in [0, 0.05) is 5.56 Å². The molecule has 0 bridgehead atoms. The number of amides is 2. The molecule has 5 heteroatoms. The first-order valence-electron chi connectivity index (χ1n) is 5.29. The molecule has 1 aromatic heterocycles. The van der Waals surface area contributed by atoms with Crippen molar-refractivity contribution in [2.75, 3.05) is 6.54 Å². The number of nitrogens with zero attached hydrogens (tertiary/aromatic N) is 1. The smallest absolute Gasteiger partial charge is 0.294 e. The average Bonchev–Trinajstić information content (AvgIpc) is 2.74. The minimum absolute atomic E-state index is 0.00536. The summed E-state index contributed by atoms with van der Waals surface area (Å²) in [6.07, 6.45) is 6.78. The Morgan fingerprint density at radius 3 is 2.78 bits per heavy atom. The van der Waals surface area contributed by atoms with Crippen LogP contribution in [0.15, 0.2) is 15.4 Å². The van der Waals surface area contributed by atoms with E-state index in [0.717, 1.165) is 33.7 Å². The van der Waals surface area contributed by atoms with Crippen molar-refractivity contribution in [1.82, 2.24) is 4.90 Å². The molecule has 1 saturated heterocycles. The zero-order valence-corrected chi connectivity index (χ0v) is 10.8. The summed E-state index contributed by atoms with van der Waals surface area (Å²) in [6, 6.07) is 1.82. The van der Waals surface area contributed by atoms with E-state index in [1.54, 1.807) is 6.08 Å². The van der Waals surface area contributed by atoms with E-state index in [4.69, 9.17) is 10.8 Å². The minimum Gasteiger partial charge on any atom is -0.466 e. The Labute approximate surface area is 109 Å². The number of terminal acetylenes is 1. The summed E-state index contributed by atoms with van der Waals surface area (Å²) in [5, 5.41) is -0.331. The van der Waals surface area contributed by atoms with E-state index in [1.807, 2.05) is 19.9 Å². The average molecular weight is 261 g/mol.